The van der Waals surface area contributed by atoms with E-state index in [-0.39, 0.29) is 11.7 Å². The van der Waals surface area contributed by atoms with Crippen LogP contribution in [0.1, 0.15) is 12.5 Å². The fourth-order valence-electron chi connectivity index (χ4n) is 1.81. The zero-order chi connectivity index (χ0) is 14.5. The van der Waals surface area contributed by atoms with Crippen molar-refractivity contribution in [2.24, 2.45) is 0 Å². The van der Waals surface area contributed by atoms with Crippen molar-refractivity contribution >= 4 is 28.9 Å². The van der Waals surface area contributed by atoms with Crippen molar-refractivity contribution in [1.29, 1.82) is 0 Å². The Morgan fingerprint density at radius 3 is 2.65 bits per heavy atom. The summed E-state index contributed by atoms with van der Waals surface area (Å²) in [6.45, 7) is 1.90. The van der Waals surface area contributed by atoms with Crippen LogP contribution in [0.3, 0.4) is 0 Å². The van der Waals surface area contributed by atoms with Gasteiger partial charge in [0, 0.05) is 30.4 Å². The van der Waals surface area contributed by atoms with Crippen LogP contribution in [0.2, 0.25) is 5.02 Å². The summed E-state index contributed by atoms with van der Waals surface area (Å²) in [5.41, 5.74) is 2.27. The number of para-hydroxylation sites is 1. The highest BCUT2D eigenvalue weighted by atomic mass is 35.5. The summed E-state index contributed by atoms with van der Waals surface area (Å²) < 4.78 is 0. The number of carbonyl (C=O) groups is 1. The Kier molecular flexibility index (Phi) is 4.48. The first-order valence-electron chi connectivity index (χ1n) is 6.14. The lowest BCUT2D eigenvalue weighted by atomic mass is 10.2. The number of hydrogen-bond donors (Lipinski definition) is 3. The molecule has 0 aliphatic heterocycles. The van der Waals surface area contributed by atoms with Gasteiger partial charge in [-0.2, -0.15) is 0 Å². The van der Waals surface area contributed by atoms with Crippen molar-refractivity contribution in [2.45, 2.75) is 13.5 Å². The Balaban J connectivity index is 2.07. The maximum atomic E-state index is 11.0. The maximum Gasteiger partial charge on any atom is 0.221 e. The lowest BCUT2D eigenvalue weighted by Gasteiger charge is -2.10. The average Bonchev–Trinajstić information content (AvgIpc) is 2.40. The molecule has 0 spiro atoms. The van der Waals surface area contributed by atoms with E-state index >= 15 is 0 Å². The Bertz CT molecular complexity index is 629. The van der Waals surface area contributed by atoms with Crippen molar-refractivity contribution in [3.8, 4) is 5.75 Å². The number of phenols is 1. The number of aromatic hydroxyl groups is 1. The van der Waals surface area contributed by atoms with E-state index in [9.17, 15) is 9.90 Å². The molecule has 0 aliphatic rings. The zero-order valence-electron chi connectivity index (χ0n) is 11.0. The van der Waals surface area contributed by atoms with Gasteiger partial charge in [0.05, 0.1) is 5.02 Å². The Labute approximate surface area is 122 Å². The van der Waals surface area contributed by atoms with E-state index in [2.05, 4.69) is 10.6 Å². The van der Waals surface area contributed by atoms with Gasteiger partial charge in [-0.15, -0.1) is 0 Å². The number of phenolic OH excluding ortho intramolecular Hbond substituents is 1. The molecule has 2 rings (SSSR count). The summed E-state index contributed by atoms with van der Waals surface area (Å²) in [6.07, 6.45) is 0. The molecular formula is C15H15ClN2O2. The van der Waals surface area contributed by atoms with Crippen LogP contribution in [0, 0.1) is 0 Å². The Hall–Kier alpha value is -2.20. The van der Waals surface area contributed by atoms with Crippen LogP contribution < -0.4 is 10.6 Å². The van der Waals surface area contributed by atoms with Gasteiger partial charge in [0.25, 0.3) is 0 Å². The van der Waals surface area contributed by atoms with E-state index in [0.717, 1.165) is 11.4 Å². The molecule has 20 heavy (non-hydrogen) atoms. The first kappa shape index (κ1) is 14.2. The molecule has 0 heterocycles. The quantitative estimate of drug-likeness (QED) is 0.806. The minimum Gasteiger partial charge on any atom is -0.506 e. The summed E-state index contributed by atoms with van der Waals surface area (Å²) in [4.78, 5) is 11.0. The third kappa shape index (κ3) is 3.65. The van der Waals surface area contributed by atoms with Crippen molar-refractivity contribution in [1.82, 2.24) is 0 Å². The second-order valence-corrected chi connectivity index (χ2v) is 4.77. The molecule has 0 unspecified atom stereocenters. The third-order valence-electron chi connectivity index (χ3n) is 2.74. The first-order chi connectivity index (χ1) is 9.56. The van der Waals surface area contributed by atoms with Gasteiger partial charge in [0.2, 0.25) is 5.91 Å². The van der Waals surface area contributed by atoms with E-state index in [4.69, 9.17) is 11.6 Å². The standard InChI is InChI=1S/C15H15ClN2O2/c1-10(19)18-13-6-3-5-12(8-13)17-9-11-4-2-7-14(16)15(11)20/h2-8,17,20H,9H2,1H3,(H,18,19). The molecule has 0 aliphatic carbocycles. The van der Waals surface area contributed by atoms with Crippen LogP contribution in [0.5, 0.6) is 5.75 Å². The SMILES string of the molecule is CC(=O)Nc1cccc(NCc2cccc(Cl)c2O)c1. The van der Waals surface area contributed by atoms with E-state index < -0.39 is 0 Å². The van der Waals surface area contributed by atoms with Crippen molar-refractivity contribution in [2.75, 3.05) is 10.6 Å². The largest absolute Gasteiger partial charge is 0.506 e. The lowest BCUT2D eigenvalue weighted by Crippen LogP contribution is -2.06. The number of hydrogen-bond acceptors (Lipinski definition) is 3. The average molecular weight is 291 g/mol. The summed E-state index contributed by atoms with van der Waals surface area (Å²) >= 11 is 5.85. The number of nitrogens with one attached hydrogen (secondary N) is 2. The highest BCUT2D eigenvalue weighted by Gasteiger charge is 2.05. The first-order valence-corrected chi connectivity index (χ1v) is 6.52. The number of anilines is 2. The predicted octanol–water partition coefficient (Wildman–Crippen LogP) is 3.62. The molecule has 2 aromatic rings. The van der Waals surface area contributed by atoms with Gasteiger partial charge >= 0.3 is 0 Å². The Morgan fingerprint density at radius 2 is 1.90 bits per heavy atom. The molecule has 104 valence electrons. The van der Waals surface area contributed by atoms with Gasteiger partial charge < -0.3 is 15.7 Å². The monoisotopic (exact) mass is 290 g/mol. The summed E-state index contributed by atoms with van der Waals surface area (Å²) in [6, 6.07) is 12.6. The van der Waals surface area contributed by atoms with Gasteiger partial charge in [-0.25, -0.2) is 0 Å². The fourth-order valence-corrected chi connectivity index (χ4v) is 2.00. The van der Waals surface area contributed by atoms with Crippen molar-refractivity contribution in [3.05, 3.63) is 53.1 Å². The molecule has 1 amide bonds. The molecule has 0 atom stereocenters. The van der Waals surface area contributed by atoms with Crippen LogP contribution in [-0.4, -0.2) is 11.0 Å². The lowest BCUT2D eigenvalue weighted by molar-refractivity contribution is -0.114. The molecule has 0 saturated carbocycles. The third-order valence-corrected chi connectivity index (χ3v) is 3.04. The van der Waals surface area contributed by atoms with Gasteiger partial charge in [0.1, 0.15) is 5.75 Å². The number of benzene rings is 2. The molecule has 0 saturated heterocycles. The molecule has 0 fully saturated rings. The van der Waals surface area contributed by atoms with Gasteiger partial charge in [-0.05, 0) is 24.3 Å². The summed E-state index contributed by atoms with van der Waals surface area (Å²) in [7, 11) is 0. The number of carbonyl (C=O) groups excluding carboxylic acids is 1. The molecule has 5 heteroatoms. The number of amides is 1. The van der Waals surface area contributed by atoms with Crippen LogP contribution in [-0.2, 0) is 11.3 Å². The normalized spacial score (nSPS) is 10.1. The smallest absolute Gasteiger partial charge is 0.221 e. The molecule has 0 radical (unpaired) electrons. The maximum absolute atomic E-state index is 11.0. The van der Waals surface area contributed by atoms with Crippen molar-refractivity contribution < 1.29 is 9.90 Å². The number of rotatable bonds is 4. The second kappa shape index (κ2) is 6.30. The molecule has 4 nitrogen and oxygen atoms in total. The van der Waals surface area contributed by atoms with Gasteiger partial charge in [-0.1, -0.05) is 29.8 Å². The minimum absolute atomic E-state index is 0.0830. The van der Waals surface area contributed by atoms with E-state index in [1.807, 2.05) is 24.3 Å². The zero-order valence-corrected chi connectivity index (χ0v) is 11.7. The van der Waals surface area contributed by atoms with Crippen LogP contribution in [0.15, 0.2) is 42.5 Å². The summed E-state index contributed by atoms with van der Waals surface area (Å²) in [5.74, 6) is -0.0330. The molecule has 2 aromatic carbocycles. The Morgan fingerprint density at radius 1 is 1.20 bits per heavy atom. The minimum atomic E-state index is -0.116. The van der Waals surface area contributed by atoms with Crippen LogP contribution >= 0.6 is 11.6 Å². The fraction of sp³-hybridized carbons (Fsp3) is 0.133. The highest BCUT2D eigenvalue weighted by molar-refractivity contribution is 6.32. The number of halogens is 1. The van der Waals surface area contributed by atoms with Crippen LogP contribution in [0.25, 0.3) is 0 Å². The second-order valence-electron chi connectivity index (χ2n) is 4.36. The predicted molar refractivity (Wildman–Crippen MR) is 81.2 cm³/mol. The van der Waals surface area contributed by atoms with E-state index in [0.29, 0.717) is 17.1 Å². The van der Waals surface area contributed by atoms with E-state index in [1.54, 1.807) is 18.2 Å². The highest BCUT2D eigenvalue weighted by Crippen LogP contribution is 2.27. The van der Waals surface area contributed by atoms with Gasteiger partial charge in [-0.3, -0.25) is 4.79 Å². The molecule has 0 aromatic heterocycles. The van der Waals surface area contributed by atoms with Gasteiger partial charge in [0.15, 0.2) is 0 Å². The topological polar surface area (TPSA) is 61.4 Å². The molecular weight excluding hydrogens is 276 g/mol. The molecule has 0 bridgehead atoms. The molecule has 3 N–H and O–H groups in total. The van der Waals surface area contributed by atoms with Crippen molar-refractivity contribution in [3.63, 3.8) is 0 Å². The van der Waals surface area contributed by atoms with E-state index in [1.165, 1.54) is 6.92 Å². The summed E-state index contributed by atoms with van der Waals surface area (Å²) in [5, 5.41) is 16.0. The van der Waals surface area contributed by atoms with Crippen LogP contribution in [0.4, 0.5) is 11.4 Å².